The molecule has 0 fully saturated rings. The first-order valence-electron chi connectivity index (χ1n) is 10.9. The molecular weight excluding hydrogens is 471 g/mol. The van der Waals surface area contributed by atoms with E-state index < -0.39 is 0 Å². The first kappa shape index (κ1) is 22.4. The van der Waals surface area contributed by atoms with E-state index in [1.807, 2.05) is 55.4 Å². The molecule has 0 bridgehead atoms. The molecule has 0 unspecified atom stereocenters. The van der Waals surface area contributed by atoms with E-state index in [-0.39, 0.29) is 11.9 Å². The SMILES string of the molecule is CN(C)c1c(C(=O)N[C@H]2CCOc3ccccc32)cnc2c(-c3ccc(Cl)cc3Cl)nccc12. The second kappa shape index (κ2) is 9.12. The Morgan fingerprint density at radius 3 is 2.74 bits per heavy atom. The highest BCUT2D eigenvalue weighted by Gasteiger charge is 2.26. The van der Waals surface area contributed by atoms with E-state index in [9.17, 15) is 4.79 Å². The lowest BCUT2D eigenvalue weighted by atomic mass is 9.99. The predicted molar refractivity (Wildman–Crippen MR) is 136 cm³/mol. The zero-order chi connectivity index (χ0) is 23.8. The summed E-state index contributed by atoms with van der Waals surface area (Å²) in [5.74, 6) is 0.613. The fourth-order valence-corrected chi connectivity index (χ4v) is 4.86. The number of halogens is 2. The number of nitrogens with one attached hydrogen (secondary N) is 1. The Morgan fingerprint density at radius 1 is 1.12 bits per heavy atom. The second-order valence-electron chi connectivity index (χ2n) is 8.30. The third-order valence-electron chi connectivity index (χ3n) is 5.90. The fraction of sp³-hybridized carbons (Fsp3) is 0.192. The highest BCUT2D eigenvalue weighted by Crippen LogP contribution is 2.37. The molecule has 172 valence electrons. The smallest absolute Gasteiger partial charge is 0.255 e. The van der Waals surface area contributed by atoms with Crippen molar-refractivity contribution in [1.82, 2.24) is 15.3 Å². The minimum Gasteiger partial charge on any atom is -0.493 e. The van der Waals surface area contributed by atoms with Gasteiger partial charge in [-0.25, -0.2) is 0 Å². The summed E-state index contributed by atoms with van der Waals surface area (Å²) in [5, 5.41) is 5.02. The number of ether oxygens (including phenoxy) is 1. The Kier molecular flexibility index (Phi) is 6.02. The van der Waals surface area contributed by atoms with E-state index in [2.05, 4.69) is 15.3 Å². The van der Waals surface area contributed by atoms with Crippen molar-refractivity contribution in [1.29, 1.82) is 0 Å². The fourth-order valence-electron chi connectivity index (χ4n) is 4.37. The molecule has 1 amide bonds. The molecule has 2 aromatic carbocycles. The van der Waals surface area contributed by atoms with Gasteiger partial charge in [-0.1, -0.05) is 41.4 Å². The normalized spacial score (nSPS) is 14.9. The van der Waals surface area contributed by atoms with Gasteiger partial charge in [0.1, 0.15) is 5.75 Å². The highest BCUT2D eigenvalue weighted by atomic mass is 35.5. The molecule has 1 aliphatic heterocycles. The number of pyridine rings is 2. The quantitative estimate of drug-likeness (QED) is 0.382. The molecule has 0 radical (unpaired) electrons. The summed E-state index contributed by atoms with van der Waals surface area (Å²) in [5.41, 5.74) is 4.24. The van der Waals surface area contributed by atoms with Crippen LogP contribution in [0.3, 0.4) is 0 Å². The molecule has 0 aliphatic carbocycles. The number of rotatable bonds is 4. The van der Waals surface area contributed by atoms with Crippen molar-refractivity contribution in [3.63, 3.8) is 0 Å². The number of aromatic nitrogens is 2. The summed E-state index contributed by atoms with van der Waals surface area (Å²) in [6, 6.07) is 14.8. The van der Waals surface area contributed by atoms with Crippen LogP contribution in [0.25, 0.3) is 22.2 Å². The molecule has 3 heterocycles. The van der Waals surface area contributed by atoms with Crippen LogP contribution in [0.15, 0.2) is 60.9 Å². The molecule has 8 heteroatoms. The maximum atomic E-state index is 13.5. The molecule has 1 atom stereocenters. The van der Waals surface area contributed by atoms with Crippen LogP contribution >= 0.6 is 23.2 Å². The molecule has 34 heavy (non-hydrogen) atoms. The van der Waals surface area contributed by atoms with Crippen molar-refractivity contribution in [2.45, 2.75) is 12.5 Å². The Hall–Kier alpha value is -3.35. The van der Waals surface area contributed by atoms with Crippen molar-refractivity contribution in [3.8, 4) is 17.0 Å². The van der Waals surface area contributed by atoms with Crippen LogP contribution in [0.1, 0.15) is 28.4 Å². The maximum Gasteiger partial charge on any atom is 0.255 e. The van der Waals surface area contributed by atoms with Gasteiger partial charge in [0.25, 0.3) is 5.91 Å². The molecule has 0 saturated carbocycles. The Bertz CT molecular complexity index is 1410. The summed E-state index contributed by atoms with van der Waals surface area (Å²) in [6.07, 6.45) is 4.01. The molecule has 6 nitrogen and oxygen atoms in total. The molecule has 2 aromatic heterocycles. The lowest BCUT2D eigenvalue weighted by Crippen LogP contribution is -2.33. The predicted octanol–water partition coefficient (Wildman–Crippen LogP) is 5.92. The van der Waals surface area contributed by atoms with Gasteiger partial charge in [-0.05, 0) is 30.3 Å². The average Bonchev–Trinajstić information content (AvgIpc) is 2.83. The van der Waals surface area contributed by atoms with Gasteiger partial charge in [0.2, 0.25) is 0 Å². The van der Waals surface area contributed by atoms with Crippen LogP contribution in [0.2, 0.25) is 10.0 Å². The molecule has 1 N–H and O–H groups in total. The summed E-state index contributed by atoms with van der Waals surface area (Å²) >= 11 is 12.5. The van der Waals surface area contributed by atoms with Crippen molar-refractivity contribution < 1.29 is 9.53 Å². The van der Waals surface area contributed by atoms with E-state index in [0.717, 1.165) is 28.0 Å². The van der Waals surface area contributed by atoms with Gasteiger partial charge < -0.3 is 15.0 Å². The lowest BCUT2D eigenvalue weighted by Gasteiger charge is -2.27. The molecule has 4 aromatic rings. The van der Waals surface area contributed by atoms with E-state index in [1.54, 1.807) is 24.5 Å². The van der Waals surface area contributed by atoms with E-state index in [0.29, 0.717) is 39.8 Å². The average molecular weight is 493 g/mol. The number of anilines is 1. The van der Waals surface area contributed by atoms with Crippen LogP contribution in [0.5, 0.6) is 5.75 Å². The lowest BCUT2D eigenvalue weighted by molar-refractivity contribution is 0.0925. The summed E-state index contributed by atoms with van der Waals surface area (Å²) in [6.45, 7) is 0.551. The number of carbonyl (C=O) groups is 1. The van der Waals surface area contributed by atoms with Gasteiger partial charge >= 0.3 is 0 Å². The molecule has 0 saturated heterocycles. The number of fused-ring (bicyclic) bond motifs is 2. The van der Waals surface area contributed by atoms with Gasteiger partial charge in [0, 0.05) is 54.4 Å². The minimum absolute atomic E-state index is 0.135. The molecule has 1 aliphatic rings. The van der Waals surface area contributed by atoms with Crippen LogP contribution < -0.4 is 15.0 Å². The molecule has 5 rings (SSSR count). The monoisotopic (exact) mass is 492 g/mol. The van der Waals surface area contributed by atoms with Gasteiger partial charge in [-0.2, -0.15) is 0 Å². The number of amides is 1. The number of nitrogens with zero attached hydrogens (tertiary/aromatic N) is 3. The third-order valence-corrected chi connectivity index (χ3v) is 6.45. The Morgan fingerprint density at radius 2 is 1.94 bits per heavy atom. The van der Waals surface area contributed by atoms with Gasteiger partial charge in [0.15, 0.2) is 0 Å². The van der Waals surface area contributed by atoms with Crippen LogP contribution in [-0.2, 0) is 0 Å². The second-order valence-corrected chi connectivity index (χ2v) is 9.14. The summed E-state index contributed by atoms with van der Waals surface area (Å²) in [4.78, 5) is 24.6. The topological polar surface area (TPSA) is 67.4 Å². The maximum absolute atomic E-state index is 13.5. The zero-order valence-corrected chi connectivity index (χ0v) is 20.2. The van der Waals surface area contributed by atoms with E-state index in [1.165, 1.54) is 0 Å². The zero-order valence-electron chi connectivity index (χ0n) is 18.7. The van der Waals surface area contributed by atoms with Crippen LogP contribution in [0, 0.1) is 0 Å². The summed E-state index contributed by atoms with van der Waals surface area (Å²) in [7, 11) is 3.81. The standard InChI is InChI=1S/C26H22Cl2N4O2/c1-32(2)25-18-9-11-29-23(16-8-7-15(27)13-20(16)28)24(18)30-14-19(25)26(33)31-21-10-12-34-22-6-4-3-5-17(21)22/h3-9,11,13-14,21H,10,12H2,1-2H3,(H,31,33)/t21-/m0/s1. The van der Waals surface area contributed by atoms with Gasteiger partial charge in [-0.15, -0.1) is 0 Å². The first-order valence-corrected chi connectivity index (χ1v) is 11.6. The number of hydrogen-bond donors (Lipinski definition) is 1. The molecule has 0 spiro atoms. The summed E-state index contributed by atoms with van der Waals surface area (Å²) < 4.78 is 5.73. The van der Waals surface area contributed by atoms with E-state index in [4.69, 9.17) is 27.9 Å². The Balaban J connectivity index is 1.58. The van der Waals surface area contributed by atoms with Crippen molar-refractivity contribution in [2.24, 2.45) is 0 Å². The molecular formula is C26H22Cl2N4O2. The highest BCUT2D eigenvalue weighted by molar-refractivity contribution is 6.36. The van der Waals surface area contributed by atoms with Crippen LogP contribution in [-0.4, -0.2) is 36.6 Å². The third kappa shape index (κ3) is 4.04. The number of hydrogen-bond acceptors (Lipinski definition) is 5. The number of para-hydroxylation sites is 1. The number of benzene rings is 2. The minimum atomic E-state index is -0.192. The largest absolute Gasteiger partial charge is 0.493 e. The van der Waals surface area contributed by atoms with Gasteiger partial charge in [-0.3, -0.25) is 14.8 Å². The van der Waals surface area contributed by atoms with Gasteiger partial charge in [0.05, 0.1) is 40.1 Å². The van der Waals surface area contributed by atoms with Crippen LogP contribution in [0.4, 0.5) is 5.69 Å². The van der Waals surface area contributed by atoms with Crippen molar-refractivity contribution in [2.75, 3.05) is 25.6 Å². The van der Waals surface area contributed by atoms with Crippen molar-refractivity contribution >= 4 is 45.7 Å². The first-order chi connectivity index (χ1) is 16.4. The Labute approximate surface area is 207 Å². The van der Waals surface area contributed by atoms with E-state index >= 15 is 0 Å². The number of carbonyl (C=O) groups excluding carboxylic acids is 1. The van der Waals surface area contributed by atoms with Crippen molar-refractivity contribution in [3.05, 3.63) is 82.1 Å².